The van der Waals surface area contributed by atoms with Crippen LogP contribution in [0.5, 0.6) is 0 Å². The molecular formula is C24H19FN5Tl. The molecule has 0 spiro atoms. The van der Waals surface area contributed by atoms with Gasteiger partial charge >= 0.3 is 197 Å². The van der Waals surface area contributed by atoms with E-state index in [9.17, 15) is 4.39 Å². The summed E-state index contributed by atoms with van der Waals surface area (Å²) >= 11 is 0.354. The van der Waals surface area contributed by atoms with Crippen molar-refractivity contribution in [2.75, 3.05) is 5.32 Å². The summed E-state index contributed by atoms with van der Waals surface area (Å²) < 4.78 is 16.8. The van der Waals surface area contributed by atoms with E-state index < -0.39 is 6.04 Å². The summed E-state index contributed by atoms with van der Waals surface area (Å²) in [6.07, 6.45) is 0.807. The van der Waals surface area contributed by atoms with E-state index in [1.54, 1.807) is 18.2 Å². The van der Waals surface area contributed by atoms with Crippen LogP contribution in [0.4, 0.5) is 10.1 Å². The second-order valence-electron chi connectivity index (χ2n) is 7.08. The molecule has 1 heterocycles. The van der Waals surface area contributed by atoms with Gasteiger partial charge in [-0.05, 0) is 0 Å². The normalized spacial score (nSPS) is 11.6. The molecule has 4 aromatic rings. The number of nitrogens with zero attached hydrogens (tertiary/aromatic N) is 4. The summed E-state index contributed by atoms with van der Waals surface area (Å²) in [7, 11) is 0. The van der Waals surface area contributed by atoms with Gasteiger partial charge in [-0.1, -0.05) is 0 Å². The summed E-state index contributed by atoms with van der Waals surface area (Å²) in [6.45, 7) is 2.05. The van der Waals surface area contributed by atoms with Gasteiger partial charge in [-0.2, -0.15) is 0 Å². The Labute approximate surface area is 196 Å². The van der Waals surface area contributed by atoms with Crippen molar-refractivity contribution < 1.29 is 4.39 Å². The molecule has 0 saturated carbocycles. The molecule has 1 unspecified atom stereocenters. The van der Waals surface area contributed by atoms with E-state index in [1.807, 2.05) is 57.9 Å². The minimum absolute atomic E-state index is 0.294. The van der Waals surface area contributed by atoms with Crippen LogP contribution in [0, 0.1) is 17.1 Å². The molecule has 0 amide bonds. The van der Waals surface area contributed by atoms with Gasteiger partial charge in [0.1, 0.15) is 0 Å². The van der Waals surface area contributed by atoms with Gasteiger partial charge in [0.05, 0.1) is 0 Å². The molecule has 0 aliphatic rings. The third kappa shape index (κ3) is 4.66. The van der Waals surface area contributed by atoms with E-state index in [-0.39, 0.29) is 5.82 Å². The molecule has 0 saturated heterocycles. The number of hydrogen-bond donors (Lipinski definition) is 1. The van der Waals surface area contributed by atoms with Gasteiger partial charge in [0.15, 0.2) is 0 Å². The molecule has 3 aromatic carbocycles. The Hall–Kier alpha value is -3.06. The van der Waals surface area contributed by atoms with Crippen molar-refractivity contribution in [2.24, 2.45) is 0 Å². The third-order valence-electron chi connectivity index (χ3n) is 5.05. The quantitative estimate of drug-likeness (QED) is 0.327. The molecule has 5 nitrogen and oxygen atoms in total. The molecular weight excluding hydrogens is 582 g/mol. The molecule has 0 aliphatic heterocycles. The van der Waals surface area contributed by atoms with Crippen molar-refractivity contribution in [3.8, 4) is 17.5 Å². The van der Waals surface area contributed by atoms with Crippen LogP contribution in [0.25, 0.3) is 11.4 Å². The van der Waals surface area contributed by atoms with Crippen LogP contribution in [0.15, 0.2) is 72.8 Å². The molecule has 150 valence electrons. The van der Waals surface area contributed by atoms with Crippen LogP contribution in [0.2, 0.25) is 0 Å². The van der Waals surface area contributed by atoms with Crippen molar-refractivity contribution in [2.45, 2.75) is 19.4 Å². The van der Waals surface area contributed by atoms with Crippen LogP contribution in [-0.4, -0.2) is 38.6 Å². The van der Waals surface area contributed by atoms with E-state index in [1.165, 1.54) is 6.07 Å². The van der Waals surface area contributed by atoms with Gasteiger partial charge in [0, 0.05) is 0 Å². The summed E-state index contributed by atoms with van der Waals surface area (Å²) in [6, 6.07) is 23.7. The SMILES string of the molecule is CCc1ccc(F)c(C(Nc2ccc(C#N)cc2)c2nc(-c3ccccc3)n[n]2[Tl])c1. The molecule has 31 heavy (non-hydrogen) atoms. The molecule has 0 radical (unpaired) electrons. The van der Waals surface area contributed by atoms with Gasteiger partial charge < -0.3 is 0 Å². The van der Waals surface area contributed by atoms with Crippen LogP contribution in [0.3, 0.4) is 0 Å². The van der Waals surface area contributed by atoms with Gasteiger partial charge in [0.2, 0.25) is 0 Å². The number of benzene rings is 3. The first-order valence-corrected chi connectivity index (χ1v) is 11.9. The van der Waals surface area contributed by atoms with Crippen molar-refractivity contribution in [3.05, 3.63) is 101 Å². The van der Waals surface area contributed by atoms with Crippen LogP contribution < -0.4 is 5.32 Å². The fourth-order valence-electron chi connectivity index (χ4n) is 3.37. The third-order valence-corrected chi connectivity index (χ3v) is 6.53. The summed E-state index contributed by atoms with van der Waals surface area (Å²) in [5, 5.41) is 17.1. The number of rotatable bonds is 6. The van der Waals surface area contributed by atoms with Crippen molar-refractivity contribution in [1.82, 2.24) is 12.6 Å². The zero-order valence-electron chi connectivity index (χ0n) is 17.0. The fraction of sp³-hybridized carbons (Fsp3) is 0.125. The number of aromatic nitrogens is 3. The fourth-order valence-corrected chi connectivity index (χ4v) is 4.59. The minimum atomic E-state index is -0.519. The number of anilines is 1. The number of halogens is 1. The monoisotopic (exact) mass is 601 g/mol. The van der Waals surface area contributed by atoms with Crippen LogP contribution >= 0.6 is 0 Å². The number of nitriles is 1. The second-order valence-corrected chi connectivity index (χ2v) is 8.98. The molecule has 0 bridgehead atoms. The summed E-state index contributed by atoms with van der Waals surface area (Å²) in [5.74, 6) is 0.995. The number of aryl methyl sites for hydroxylation is 1. The maximum absolute atomic E-state index is 15.0. The van der Waals surface area contributed by atoms with Crippen LogP contribution in [-0.2, 0) is 6.42 Å². The molecule has 1 N–H and O–H groups in total. The van der Waals surface area contributed by atoms with Gasteiger partial charge in [-0.25, -0.2) is 0 Å². The zero-order valence-corrected chi connectivity index (χ0v) is 21.4. The van der Waals surface area contributed by atoms with E-state index in [0.29, 0.717) is 48.8 Å². The van der Waals surface area contributed by atoms with E-state index in [4.69, 9.17) is 10.2 Å². The van der Waals surface area contributed by atoms with Crippen molar-refractivity contribution in [1.29, 1.82) is 5.26 Å². The van der Waals surface area contributed by atoms with E-state index in [2.05, 4.69) is 16.5 Å². The standard InChI is InChI=1S/C24H19FN5.Tl/c1-2-16-10-13-21(25)20(14-16)22(27-19-11-8-17(15-26)9-12-19)24-28-23(29-30-24)18-6-4-3-5-7-18;/h3-14,22,27H,2H2,1H3;/q-1;+1. The Morgan fingerprint density at radius 3 is 2.52 bits per heavy atom. The second kappa shape index (κ2) is 9.39. The van der Waals surface area contributed by atoms with Crippen LogP contribution in [0.1, 0.15) is 35.5 Å². The molecule has 1 aromatic heterocycles. The van der Waals surface area contributed by atoms with E-state index in [0.717, 1.165) is 23.2 Å². The number of nitrogens with one attached hydrogen (secondary N) is 1. The van der Waals surface area contributed by atoms with Crippen molar-refractivity contribution >= 4 is 31.8 Å². The van der Waals surface area contributed by atoms with E-state index >= 15 is 0 Å². The molecule has 0 aliphatic carbocycles. The molecule has 4 rings (SSSR count). The Morgan fingerprint density at radius 2 is 1.84 bits per heavy atom. The van der Waals surface area contributed by atoms with Gasteiger partial charge in [-0.15, -0.1) is 0 Å². The first kappa shape index (κ1) is 21.2. The number of hydrogen-bond acceptors (Lipinski definition) is 4. The molecule has 0 fully saturated rings. The first-order chi connectivity index (χ1) is 15.1. The average molecular weight is 601 g/mol. The topological polar surface area (TPSA) is 66.5 Å². The maximum atomic E-state index is 15.0. The Bertz CT molecular complexity index is 1230. The molecule has 1 atom stereocenters. The van der Waals surface area contributed by atoms with Gasteiger partial charge in [0.25, 0.3) is 0 Å². The Balaban J connectivity index is 1.81. The zero-order chi connectivity index (χ0) is 21.8. The van der Waals surface area contributed by atoms with Gasteiger partial charge in [-0.3, -0.25) is 0 Å². The summed E-state index contributed by atoms with van der Waals surface area (Å²) in [4.78, 5) is 4.80. The predicted octanol–water partition coefficient (Wildman–Crippen LogP) is 4.65. The predicted molar refractivity (Wildman–Crippen MR) is 119 cm³/mol. The Kier molecular flexibility index (Phi) is 6.42. The first-order valence-electron chi connectivity index (χ1n) is 9.91. The summed E-state index contributed by atoms with van der Waals surface area (Å²) in [5.41, 5.74) is 3.84. The van der Waals surface area contributed by atoms with Crippen molar-refractivity contribution in [3.63, 3.8) is 0 Å². The Morgan fingerprint density at radius 1 is 1.10 bits per heavy atom. The molecule has 7 heteroatoms. The average Bonchev–Trinajstić information content (AvgIpc) is 3.20.